The molecule has 21 heavy (non-hydrogen) atoms. The molecule has 112 valence electrons. The molecule has 1 aromatic carbocycles. The Morgan fingerprint density at radius 3 is 2.48 bits per heavy atom. The van der Waals surface area contributed by atoms with E-state index >= 15 is 0 Å². The van der Waals surface area contributed by atoms with Crippen LogP contribution >= 0.6 is 0 Å². The Bertz CT molecular complexity index is 533. The highest BCUT2D eigenvalue weighted by molar-refractivity contribution is 5.74. The zero-order chi connectivity index (χ0) is 14.9. The number of likely N-dealkylation sites (tertiary alicyclic amines) is 1. The summed E-state index contributed by atoms with van der Waals surface area (Å²) in [4.78, 5) is 16.0. The minimum atomic E-state index is -0.458. The topological polar surface area (TPSA) is 32.8 Å². The molecule has 1 amide bonds. The second-order valence-corrected chi connectivity index (χ2v) is 5.81. The van der Waals surface area contributed by atoms with Gasteiger partial charge >= 0.3 is 6.09 Å². The third-order valence-corrected chi connectivity index (χ3v) is 4.58. The van der Waals surface area contributed by atoms with Gasteiger partial charge in [-0.15, -0.1) is 0 Å². The predicted octanol–water partition coefficient (Wildman–Crippen LogP) is 3.01. The van der Waals surface area contributed by atoms with Crippen molar-refractivity contribution in [3.63, 3.8) is 0 Å². The van der Waals surface area contributed by atoms with Gasteiger partial charge in [0.25, 0.3) is 0 Å². The second-order valence-electron chi connectivity index (χ2n) is 5.81. The number of ether oxygens (including phenoxy) is 1. The molecule has 0 unspecified atom stereocenters. The second kappa shape index (κ2) is 5.53. The number of hydrogen-bond donors (Lipinski definition) is 0. The van der Waals surface area contributed by atoms with Crippen LogP contribution in [0.25, 0.3) is 0 Å². The van der Waals surface area contributed by atoms with Crippen molar-refractivity contribution in [3.05, 3.63) is 48.2 Å². The lowest BCUT2D eigenvalue weighted by atomic mass is 9.88. The van der Waals surface area contributed by atoms with Crippen LogP contribution in [-0.4, -0.2) is 41.1 Å². The molecule has 1 spiro atoms. The highest BCUT2D eigenvalue weighted by Gasteiger charge is 2.49. The molecule has 0 radical (unpaired) electrons. The third-order valence-electron chi connectivity index (χ3n) is 4.58. The molecule has 0 bridgehead atoms. The van der Waals surface area contributed by atoms with Gasteiger partial charge in [-0.2, -0.15) is 0 Å². The quantitative estimate of drug-likeness (QED) is 0.856. The van der Waals surface area contributed by atoms with E-state index in [1.54, 1.807) is 4.90 Å². The normalized spacial score (nSPS) is 21.9. The van der Waals surface area contributed by atoms with Crippen LogP contribution in [-0.2, 0) is 11.3 Å². The third kappa shape index (κ3) is 2.56. The maximum atomic E-state index is 11.9. The average molecular weight is 286 g/mol. The molecule has 2 fully saturated rings. The van der Waals surface area contributed by atoms with Crippen molar-refractivity contribution in [2.24, 2.45) is 0 Å². The van der Waals surface area contributed by atoms with E-state index in [-0.39, 0.29) is 6.09 Å². The summed E-state index contributed by atoms with van der Waals surface area (Å²) in [6, 6.07) is 10.5. The van der Waals surface area contributed by atoms with Gasteiger partial charge in [0.05, 0.1) is 5.70 Å². The van der Waals surface area contributed by atoms with Gasteiger partial charge < -0.3 is 4.74 Å². The molecule has 2 saturated heterocycles. The van der Waals surface area contributed by atoms with E-state index in [1.807, 2.05) is 13.0 Å². The maximum Gasteiger partial charge on any atom is 0.415 e. The summed E-state index contributed by atoms with van der Waals surface area (Å²) in [5, 5.41) is 0. The van der Waals surface area contributed by atoms with Crippen LogP contribution in [0.4, 0.5) is 4.79 Å². The first-order chi connectivity index (χ1) is 10.1. The van der Waals surface area contributed by atoms with E-state index in [9.17, 15) is 4.79 Å². The number of amides is 1. The molecule has 0 atom stereocenters. The van der Waals surface area contributed by atoms with E-state index in [1.165, 1.54) is 5.56 Å². The molecule has 0 aromatic heterocycles. The number of nitrogens with zero attached hydrogens (tertiary/aromatic N) is 2. The highest BCUT2D eigenvalue weighted by Crippen LogP contribution is 2.40. The summed E-state index contributed by atoms with van der Waals surface area (Å²) in [5.74, 6) is 0. The summed E-state index contributed by atoms with van der Waals surface area (Å²) in [7, 11) is 0. The molecule has 3 rings (SSSR count). The minimum absolute atomic E-state index is 0.237. The first-order valence-electron chi connectivity index (χ1n) is 7.61. The van der Waals surface area contributed by atoms with Crippen molar-refractivity contribution in [2.45, 2.75) is 31.9 Å². The molecule has 2 aliphatic rings. The van der Waals surface area contributed by atoms with Crippen LogP contribution in [0.1, 0.15) is 25.3 Å². The van der Waals surface area contributed by atoms with E-state index < -0.39 is 5.60 Å². The van der Waals surface area contributed by atoms with Crippen molar-refractivity contribution >= 4 is 6.09 Å². The molecule has 2 heterocycles. The zero-order valence-corrected chi connectivity index (χ0v) is 12.5. The van der Waals surface area contributed by atoms with Gasteiger partial charge in [0, 0.05) is 39.0 Å². The fourth-order valence-electron chi connectivity index (χ4n) is 3.26. The standard InChI is InChI=1S/C17H22N2O2/c1-3-19-14(2)17(21-16(19)20)9-11-18(12-10-17)13-15-7-5-4-6-8-15/h4-8H,2-3,9-13H2,1H3. The number of piperidine rings is 1. The first-order valence-corrected chi connectivity index (χ1v) is 7.61. The van der Waals surface area contributed by atoms with Crippen LogP contribution < -0.4 is 0 Å². The molecule has 4 heteroatoms. The van der Waals surface area contributed by atoms with Gasteiger partial charge in [0.1, 0.15) is 0 Å². The maximum absolute atomic E-state index is 11.9. The first kappa shape index (κ1) is 14.1. The fraction of sp³-hybridized carbons (Fsp3) is 0.471. The van der Waals surface area contributed by atoms with Crippen LogP contribution in [0.5, 0.6) is 0 Å². The SMILES string of the molecule is C=C1N(CC)C(=O)OC12CCN(Cc1ccccc1)CC2. The van der Waals surface area contributed by atoms with Crippen molar-refractivity contribution < 1.29 is 9.53 Å². The van der Waals surface area contributed by atoms with Gasteiger partial charge in [-0.1, -0.05) is 36.9 Å². The lowest BCUT2D eigenvalue weighted by Gasteiger charge is -2.38. The van der Waals surface area contributed by atoms with Crippen LogP contribution in [0.3, 0.4) is 0 Å². The summed E-state index contributed by atoms with van der Waals surface area (Å²) >= 11 is 0. The van der Waals surface area contributed by atoms with Gasteiger partial charge in [-0.3, -0.25) is 9.80 Å². The minimum Gasteiger partial charge on any atom is -0.436 e. The Kier molecular flexibility index (Phi) is 3.72. The van der Waals surface area contributed by atoms with Crippen molar-refractivity contribution in [2.75, 3.05) is 19.6 Å². The Morgan fingerprint density at radius 1 is 1.24 bits per heavy atom. The molecule has 0 N–H and O–H groups in total. The summed E-state index contributed by atoms with van der Waals surface area (Å²) in [5.41, 5.74) is 1.71. The molecule has 1 aromatic rings. The van der Waals surface area contributed by atoms with Gasteiger partial charge in [-0.05, 0) is 12.5 Å². The molecular weight excluding hydrogens is 264 g/mol. The van der Waals surface area contributed by atoms with E-state index in [0.29, 0.717) is 6.54 Å². The van der Waals surface area contributed by atoms with Crippen molar-refractivity contribution in [1.82, 2.24) is 9.80 Å². The van der Waals surface area contributed by atoms with E-state index in [2.05, 4.69) is 35.7 Å². The van der Waals surface area contributed by atoms with E-state index in [4.69, 9.17) is 4.74 Å². The van der Waals surface area contributed by atoms with Gasteiger partial charge in [0.15, 0.2) is 5.60 Å². The zero-order valence-electron chi connectivity index (χ0n) is 12.5. The number of likely N-dealkylation sites (N-methyl/N-ethyl adjacent to an activating group) is 1. The molecule has 0 aliphatic carbocycles. The Balaban J connectivity index is 1.63. The summed E-state index contributed by atoms with van der Waals surface area (Å²) in [6.07, 6.45) is 1.43. The van der Waals surface area contributed by atoms with Crippen molar-refractivity contribution in [3.8, 4) is 0 Å². The Hall–Kier alpha value is -1.81. The van der Waals surface area contributed by atoms with Gasteiger partial charge in [0.2, 0.25) is 0 Å². The lowest BCUT2D eigenvalue weighted by Crippen LogP contribution is -2.45. The molecular formula is C17H22N2O2. The largest absolute Gasteiger partial charge is 0.436 e. The van der Waals surface area contributed by atoms with Crippen LogP contribution in [0.15, 0.2) is 42.6 Å². The average Bonchev–Trinajstić information content (AvgIpc) is 2.73. The highest BCUT2D eigenvalue weighted by atomic mass is 16.6. The number of benzene rings is 1. The monoisotopic (exact) mass is 286 g/mol. The number of carbonyl (C=O) groups is 1. The van der Waals surface area contributed by atoms with E-state index in [0.717, 1.165) is 38.2 Å². The van der Waals surface area contributed by atoms with Gasteiger partial charge in [-0.25, -0.2) is 4.79 Å². The smallest absolute Gasteiger partial charge is 0.415 e. The predicted molar refractivity (Wildman–Crippen MR) is 81.7 cm³/mol. The number of rotatable bonds is 3. The number of carbonyl (C=O) groups excluding carboxylic acids is 1. The molecule has 2 aliphatic heterocycles. The summed E-state index contributed by atoms with van der Waals surface area (Å²) < 4.78 is 5.66. The number of hydrogen-bond acceptors (Lipinski definition) is 3. The molecule has 0 saturated carbocycles. The van der Waals surface area contributed by atoms with Crippen molar-refractivity contribution in [1.29, 1.82) is 0 Å². The Morgan fingerprint density at radius 2 is 1.90 bits per heavy atom. The fourth-order valence-corrected chi connectivity index (χ4v) is 3.26. The summed E-state index contributed by atoms with van der Waals surface area (Å²) in [6.45, 7) is 9.50. The Labute approximate surface area is 126 Å². The van der Waals surface area contributed by atoms with Crippen LogP contribution in [0, 0.1) is 0 Å². The van der Waals surface area contributed by atoms with Crippen LogP contribution in [0.2, 0.25) is 0 Å². The lowest BCUT2D eigenvalue weighted by molar-refractivity contribution is 0.0127. The molecule has 4 nitrogen and oxygen atoms in total.